The first kappa shape index (κ1) is 29.1. The molecule has 1 aliphatic rings. The van der Waals surface area contributed by atoms with Crippen molar-refractivity contribution < 1.29 is 27.5 Å². The van der Waals surface area contributed by atoms with Crippen molar-refractivity contribution in [1.29, 1.82) is 0 Å². The molecule has 4 rings (SSSR count). The van der Waals surface area contributed by atoms with E-state index in [0.717, 1.165) is 18.7 Å². The van der Waals surface area contributed by atoms with Gasteiger partial charge in [-0.15, -0.1) is 0 Å². The first-order valence-electron chi connectivity index (χ1n) is 12.9. The number of ether oxygens (including phenoxy) is 2. The van der Waals surface area contributed by atoms with E-state index in [0.29, 0.717) is 30.1 Å². The third-order valence-corrected chi connectivity index (χ3v) is 8.22. The summed E-state index contributed by atoms with van der Waals surface area (Å²) in [4.78, 5) is 30.2. The van der Waals surface area contributed by atoms with Gasteiger partial charge in [0.2, 0.25) is 15.9 Å². The van der Waals surface area contributed by atoms with Gasteiger partial charge in [-0.25, -0.2) is 8.42 Å². The molecule has 0 unspecified atom stereocenters. The molecule has 3 aromatic carbocycles. The Morgan fingerprint density at radius 2 is 1.52 bits per heavy atom. The molecule has 1 fully saturated rings. The topological polar surface area (TPSA) is 117 Å². The number of carbonyl (C=O) groups excluding carboxylic acids is 2. The minimum absolute atomic E-state index is 0.0596. The van der Waals surface area contributed by atoms with Crippen molar-refractivity contribution in [1.82, 2.24) is 14.5 Å². The number of amides is 2. The summed E-state index contributed by atoms with van der Waals surface area (Å²) < 4.78 is 39.6. The number of rotatable bonds is 10. The summed E-state index contributed by atoms with van der Waals surface area (Å²) in [6, 6.07) is 18.8. The van der Waals surface area contributed by atoms with Gasteiger partial charge in [-0.3, -0.25) is 9.59 Å². The van der Waals surface area contributed by atoms with Gasteiger partial charge in [0.05, 0.1) is 19.1 Å². The highest BCUT2D eigenvalue weighted by Crippen LogP contribution is 2.29. The third-order valence-electron chi connectivity index (χ3n) is 6.75. The fourth-order valence-corrected chi connectivity index (χ4v) is 5.60. The predicted molar refractivity (Wildman–Crippen MR) is 152 cm³/mol. The molecule has 0 spiro atoms. The van der Waals surface area contributed by atoms with E-state index in [4.69, 9.17) is 9.47 Å². The second kappa shape index (κ2) is 12.9. The average Bonchev–Trinajstić information content (AvgIpc) is 2.97. The molecule has 3 aromatic rings. The van der Waals surface area contributed by atoms with Crippen LogP contribution >= 0.6 is 0 Å². The lowest BCUT2D eigenvalue weighted by molar-refractivity contribution is -0.117. The molecule has 0 radical (unpaired) electrons. The molecular formula is C29H34N4O6S. The van der Waals surface area contributed by atoms with Crippen molar-refractivity contribution in [2.45, 2.75) is 17.4 Å². The predicted octanol–water partition coefficient (Wildman–Crippen LogP) is 2.62. The molecule has 10 nitrogen and oxygen atoms in total. The largest absolute Gasteiger partial charge is 0.493 e. The molecule has 0 aromatic heterocycles. The van der Waals surface area contributed by atoms with Crippen LogP contribution in [0, 0.1) is 0 Å². The minimum Gasteiger partial charge on any atom is -0.493 e. The number of hydrogen-bond acceptors (Lipinski definition) is 7. The maximum absolute atomic E-state index is 13.4. The quantitative estimate of drug-likeness (QED) is 0.388. The Morgan fingerprint density at radius 1 is 0.875 bits per heavy atom. The Balaban J connectivity index is 1.51. The van der Waals surface area contributed by atoms with Crippen LogP contribution in [0.2, 0.25) is 0 Å². The molecule has 0 aliphatic carbocycles. The summed E-state index contributed by atoms with van der Waals surface area (Å²) in [5.41, 5.74) is 1.76. The minimum atomic E-state index is -4.11. The number of methoxy groups -OCH3 is 2. The number of nitrogens with one attached hydrogen (secondary N) is 2. The van der Waals surface area contributed by atoms with Gasteiger partial charge in [-0.1, -0.05) is 30.3 Å². The van der Waals surface area contributed by atoms with Crippen LogP contribution < -0.4 is 19.5 Å². The molecule has 1 saturated heterocycles. The fourth-order valence-electron chi connectivity index (χ4n) is 4.39. The van der Waals surface area contributed by atoms with E-state index < -0.39 is 22.0 Å². The number of benzene rings is 3. The Kier molecular flexibility index (Phi) is 9.41. The molecule has 1 aliphatic heterocycles. The van der Waals surface area contributed by atoms with Crippen molar-refractivity contribution in [3.05, 3.63) is 83.9 Å². The standard InChI is InChI=1S/C29H34N4O6S/c1-32-15-17-33(18-16-32)29(35)22-9-11-23(12-10-22)30-28(34)25(19-21-7-5-4-6-8-21)31-40(36,37)24-13-14-26(38-2)27(20-24)39-3/h4-14,20,25,31H,15-19H2,1-3H3,(H,30,34)/t25-/m1/s1. The lowest BCUT2D eigenvalue weighted by Gasteiger charge is -2.32. The van der Waals surface area contributed by atoms with Crippen molar-refractivity contribution in [3.8, 4) is 11.5 Å². The smallest absolute Gasteiger partial charge is 0.253 e. The van der Waals surface area contributed by atoms with Crippen LogP contribution in [0.3, 0.4) is 0 Å². The fraction of sp³-hybridized carbons (Fsp3) is 0.310. The van der Waals surface area contributed by atoms with Gasteiger partial charge in [0.15, 0.2) is 11.5 Å². The number of hydrogen-bond donors (Lipinski definition) is 2. The van der Waals surface area contributed by atoms with Gasteiger partial charge in [0.1, 0.15) is 6.04 Å². The van der Waals surface area contributed by atoms with Gasteiger partial charge in [-0.2, -0.15) is 4.72 Å². The van der Waals surface area contributed by atoms with Crippen LogP contribution in [-0.4, -0.2) is 83.5 Å². The zero-order valence-corrected chi connectivity index (χ0v) is 23.6. The number of nitrogens with zero attached hydrogens (tertiary/aromatic N) is 2. The second-order valence-electron chi connectivity index (χ2n) is 9.54. The highest BCUT2D eigenvalue weighted by atomic mass is 32.2. The van der Waals surface area contributed by atoms with E-state index in [2.05, 4.69) is 14.9 Å². The first-order valence-corrected chi connectivity index (χ1v) is 14.4. The van der Waals surface area contributed by atoms with E-state index >= 15 is 0 Å². The summed E-state index contributed by atoms with van der Waals surface area (Å²) in [5.74, 6) is 0.0388. The maximum atomic E-state index is 13.4. The SMILES string of the molecule is COc1ccc(S(=O)(=O)N[C@H](Cc2ccccc2)C(=O)Nc2ccc(C(=O)N3CCN(C)CC3)cc2)cc1OC. The Labute approximate surface area is 234 Å². The van der Waals surface area contributed by atoms with Crippen LogP contribution in [0.15, 0.2) is 77.7 Å². The van der Waals surface area contributed by atoms with E-state index in [1.165, 1.54) is 32.4 Å². The van der Waals surface area contributed by atoms with Crippen LogP contribution in [0.4, 0.5) is 5.69 Å². The summed E-state index contributed by atoms with van der Waals surface area (Å²) in [7, 11) is 0.789. The summed E-state index contributed by atoms with van der Waals surface area (Å²) in [6.45, 7) is 2.97. The van der Waals surface area contributed by atoms with Crippen LogP contribution in [-0.2, 0) is 21.2 Å². The van der Waals surface area contributed by atoms with Crippen molar-refractivity contribution >= 4 is 27.5 Å². The summed E-state index contributed by atoms with van der Waals surface area (Å²) in [5, 5.41) is 2.79. The Hall–Kier alpha value is -3.93. The van der Waals surface area contributed by atoms with E-state index in [9.17, 15) is 18.0 Å². The van der Waals surface area contributed by atoms with E-state index in [1.54, 1.807) is 24.3 Å². The maximum Gasteiger partial charge on any atom is 0.253 e. The zero-order valence-electron chi connectivity index (χ0n) is 22.8. The number of likely N-dealkylation sites (N-methyl/N-ethyl adjacent to an activating group) is 1. The summed E-state index contributed by atoms with van der Waals surface area (Å²) >= 11 is 0. The Morgan fingerprint density at radius 3 is 2.15 bits per heavy atom. The number of anilines is 1. The molecule has 1 heterocycles. The van der Waals surface area contributed by atoms with E-state index in [-0.39, 0.29) is 23.0 Å². The molecule has 11 heteroatoms. The number of sulfonamides is 1. The van der Waals surface area contributed by atoms with Gasteiger partial charge < -0.3 is 24.6 Å². The van der Waals surface area contributed by atoms with Gasteiger partial charge in [-0.05, 0) is 55.4 Å². The lowest BCUT2D eigenvalue weighted by atomic mass is 10.1. The monoisotopic (exact) mass is 566 g/mol. The number of carbonyl (C=O) groups is 2. The molecular weight excluding hydrogens is 532 g/mol. The molecule has 2 N–H and O–H groups in total. The van der Waals surface area contributed by atoms with Crippen LogP contribution in [0.5, 0.6) is 11.5 Å². The summed E-state index contributed by atoms with van der Waals surface area (Å²) in [6.07, 6.45) is 0.124. The zero-order chi connectivity index (χ0) is 28.7. The third kappa shape index (κ3) is 7.17. The molecule has 2 amide bonds. The average molecular weight is 567 g/mol. The molecule has 212 valence electrons. The molecule has 40 heavy (non-hydrogen) atoms. The highest BCUT2D eigenvalue weighted by molar-refractivity contribution is 7.89. The van der Waals surface area contributed by atoms with Crippen LogP contribution in [0.25, 0.3) is 0 Å². The first-order chi connectivity index (χ1) is 19.2. The number of piperazine rings is 1. The molecule has 1 atom stereocenters. The van der Waals surface area contributed by atoms with Crippen molar-refractivity contribution in [2.24, 2.45) is 0 Å². The van der Waals surface area contributed by atoms with Gasteiger partial charge in [0.25, 0.3) is 5.91 Å². The van der Waals surface area contributed by atoms with Gasteiger partial charge >= 0.3 is 0 Å². The van der Waals surface area contributed by atoms with Crippen molar-refractivity contribution in [2.75, 3.05) is 52.8 Å². The van der Waals surface area contributed by atoms with Crippen molar-refractivity contribution in [3.63, 3.8) is 0 Å². The molecule has 0 saturated carbocycles. The second-order valence-corrected chi connectivity index (χ2v) is 11.3. The normalized spacial score (nSPS) is 14.8. The van der Waals surface area contributed by atoms with Crippen LogP contribution in [0.1, 0.15) is 15.9 Å². The lowest BCUT2D eigenvalue weighted by Crippen LogP contribution is -2.47. The Bertz CT molecular complexity index is 1420. The van der Waals surface area contributed by atoms with E-state index in [1.807, 2.05) is 42.3 Å². The van der Waals surface area contributed by atoms with Gasteiger partial charge in [0, 0.05) is 43.5 Å². The molecule has 0 bridgehead atoms. The highest BCUT2D eigenvalue weighted by Gasteiger charge is 2.27.